The largest absolute Gasteiger partial charge is 0.444 e. The molecule has 7 heteroatoms. The van der Waals surface area contributed by atoms with E-state index in [1.54, 1.807) is 24.6 Å². The Labute approximate surface area is 163 Å². The smallest absolute Gasteiger partial charge is 0.226 e. The molecule has 0 unspecified atom stereocenters. The maximum absolute atomic E-state index is 5.60. The van der Waals surface area contributed by atoms with E-state index in [0.29, 0.717) is 5.89 Å². The molecule has 1 aromatic carbocycles. The van der Waals surface area contributed by atoms with Gasteiger partial charge >= 0.3 is 0 Å². The highest BCUT2D eigenvalue weighted by Crippen LogP contribution is 2.19. The van der Waals surface area contributed by atoms with Gasteiger partial charge < -0.3 is 15.1 Å². The number of guanidine groups is 1. The van der Waals surface area contributed by atoms with Gasteiger partial charge in [-0.3, -0.25) is 4.99 Å². The van der Waals surface area contributed by atoms with E-state index in [2.05, 4.69) is 50.0 Å². The molecule has 0 atom stereocenters. The van der Waals surface area contributed by atoms with Crippen molar-refractivity contribution in [1.29, 1.82) is 0 Å². The lowest BCUT2D eigenvalue weighted by Crippen LogP contribution is -2.39. The van der Waals surface area contributed by atoms with Gasteiger partial charge in [0.15, 0.2) is 5.96 Å². The Bertz CT molecular complexity index is 882. The normalized spacial score (nSPS) is 11.6. The Kier molecular flexibility index (Phi) is 6.59. The van der Waals surface area contributed by atoms with Crippen LogP contribution in [0.2, 0.25) is 0 Å². The molecule has 2 N–H and O–H groups in total. The van der Waals surface area contributed by atoms with Crippen LogP contribution in [-0.2, 0) is 12.8 Å². The average Bonchev–Trinajstić information content (AvgIpc) is 3.30. The summed E-state index contributed by atoms with van der Waals surface area (Å²) in [6.07, 6.45) is 3.37. The lowest BCUT2D eigenvalue weighted by atomic mass is 10.1. The van der Waals surface area contributed by atoms with Crippen molar-refractivity contribution in [2.24, 2.45) is 4.99 Å². The molecule has 0 radical (unpaired) electrons. The first-order valence-corrected chi connectivity index (χ1v) is 9.89. The SMILES string of the molecule is CN=C(NCCc1coc(-c2ccc(C)cc2)n1)NCCc1csc(C)n1. The standard InChI is InChI=1S/C20H25N5OS/c1-14-4-6-16(7-5-14)19-25-17(12-26-19)8-10-22-20(21-3)23-11-9-18-13-27-15(2)24-18/h4-7,12-13H,8-11H2,1-3H3,(H2,21,22,23). The van der Waals surface area contributed by atoms with Crippen molar-refractivity contribution in [3.8, 4) is 11.5 Å². The van der Waals surface area contributed by atoms with Crippen molar-refractivity contribution in [3.05, 3.63) is 57.9 Å². The number of oxazole rings is 1. The van der Waals surface area contributed by atoms with Crippen molar-refractivity contribution >= 4 is 17.3 Å². The number of rotatable bonds is 7. The number of thiazole rings is 1. The fraction of sp³-hybridized carbons (Fsp3) is 0.350. The Morgan fingerprint density at radius 2 is 1.74 bits per heavy atom. The summed E-state index contributed by atoms with van der Waals surface area (Å²) in [6, 6.07) is 8.17. The van der Waals surface area contributed by atoms with Crippen LogP contribution in [0, 0.1) is 13.8 Å². The van der Waals surface area contributed by atoms with Crippen LogP contribution in [0.1, 0.15) is 22.0 Å². The number of nitrogens with zero attached hydrogens (tertiary/aromatic N) is 3. The van der Waals surface area contributed by atoms with E-state index in [1.807, 2.05) is 19.1 Å². The first kappa shape index (κ1) is 19.1. The number of benzene rings is 1. The van der Waals surface area contributed by atoms with Crippen molar-refractivity contribution < 1.29 is 4.42 Å². The molecule has 0 aliphatic rings. The summed E-state index contributed by atoms with van der Waals surface area (Å²) in [6.45, 7) is 5.62. The van der Waals surface area contributed by atoms with Crippen LogP contribution in [-0.4, -0.2) is 36.1 Å². The molecule has 2 aromatic heterocycles. The van der Waals surface area contributed by atoms with Gasteiger partial charge in [-0.05, 0) is 26.0 Å². The summed E-state index contributed by atoms with van der Waals surface area (Å²) in [5.41, 5.74) is 4.26. The fourth-order valence-electron chi connectivity index (χ4n) is 2.61. The minimum Gasteiger partial charge on any atom is -0.444 e. The van der Waals surface area contributed by atoms with Gasteiger partial charge in [-0.25, -0.2) is 9.97 Å². The molecule has 142 valence electrons. The maximum atomic E-state index is 5.60. The number of aliphatic imine (C=N–C) groups is 1. The minimum atomic E-state index is 0.658. The van der Waals surface area contributed by atoms with Gasteiger partial charge in [-0.2, -0.15) is 0 Å². The van der Waals surface area contributed by atoms with E-state index in [1.165, 1.54) is 5.56 Å². The summed E-state index contributed by atoms with van der Waals surface area (Å²) in [4.78, 5) is 13.3. The number of hydrogen-bond donors (Lipinski definition) is 2. The predicted octanol–water partition coefficient (Wildman–Crippen LogP) is 3.37. The van der Waals surface area contributed by atoms with E-state index in [9.17, 15) is 0 Å². The molecule has 0 bridgehead atoms. The highest BCUT2D eigenvalue weighted by molar-refractivity contribution is 7.09. The van der Waals surface area contributed by atoms with E-state index < -0.39 is 0 Å². The Hall–Kier alpha value is -2.67. The third-order valence-electron chi connectivity index (χ3n) is 4.09. The summed E-state index contributed by atoms with van der Waals surface area (Å²) in [5, 5.41) is 9.82. The van der Waals surface area contributed by atoms with E-state index in [-0.39, 0.29) is 0 Å². The van der Waals surface area contributed by atoms with Crippen LogP contribution < -0.4 is 10.6 Å². The maximum Gasteiger partial charge on any atom is 0.226 e. The van der Waals surface area contributed by atoms with Crippen LogP contribution in [0.25, 0.3) is 11.5 Å². The summed E-state index contributed by atoms with van der Waals surface area (Å²) in [7, 11) is 1.77. The lowest BCUT2D eigenvalue weighted by Gasteiger charge is -2.10. The van der Waals surface area contributed by atoms with Crippen LogP contribution in [0.4, 0.5) is 0 Å². The predicted molar refractivity (Wildman–Crippen MR) is 110 cm³/mol. The minimum absolute atomic E-state index is 0.658. The number of nitrogens with one attached hydrogen (secondary N) is 2. The first-order valence-electron chi connectivity index (χ1n) is 9.01. The summed E-state index contributed by atoms with van der Waals surface area (Å²) >= 11 is 1.68. The quantitative estimate of drug-likeness (QED) is 0.483. The zero-order valence-corrected chi connectivity index (χ0v) is 16.8. The molecular formula is C20H25N5OS. The number of aromatic nitrogens is 2. The second kappa shape index (κ2) is 9.32. The zero-order valence-electron chi connectivity index (χ0n) is 16.0. The second-order valence-electron chi connectivity index (χ2n) is 6.29. The lowest BCUT2D eigenvalue weighted by molar-refractivity contribution is 0.572. The Morgan fingerprint density at radius 1 is 1.04 bits per heavy atom. The molecule has 3 aromatic rings. The molecule has 0 saturated heterocycles. The molecule has 0 amide bonds. The van der Waals surface area contributed by atoms with Crippen molar-refractivity contribution in [1.82, 2.24) is 20.6 Å². The van der Waals surface area contributed by atoms with Gasteiger partial charge in [0.25, 0.3) is 0 Å². The summed E-state index contributed by atoms with van der Waals surface area (Å²) in [5.74, 6) is 1.44. The Morgan fingerprint density at radius 3 is 2.37 bits per heavy atom. The first-order chi connectivity index (χ1) is 13.1. The number of aryl methyl sites for hydroxylation is 2. The zero-order chi connectivity index (χ0) is 19.1. The third kappa shape index (κ3) is 5.65. The molecule has 0 spiro atoms. The van der Waals surface area contributed by atoms with Crippen molar-refractivity contribution in [3.63, 3.8) is 0 Å². The summed E-state index contributed by atoms with van der Waals surface area (Å²) < 4.78 is 5.60. The van der Waals surface area contributed by atoms with Crippen LogP contribution in [0.3, 0.4) is 0 Å². The molecule has 3 rings (SSSR count). The molecule has 0 saturated carbocycles. The molecule has 27 heavy (non-hydrogen) atoms. The monoisotopic (exact) mass is 383 g/mol. The van der Waals surface area contributed by atoms with E-state index in [0.717, 1.165) is 53.8 Å². The highest BCUT2D eigenvalue weighted by atomic mass is 32.1. The van der Waals surface area contributed by atoms with Crippen LogP contribution in [0.5, 0.6) is 0 Å². The average molecular weight is 384 g/mol. The fourth-order valence-corrected chi connectivity index (χ4v) is 3.26. The van der Waals surface area contributed by atoms with Crippen molar-refractivity contribution in [2.75, 3.05) is 20.1 Å². The second-order valence-corrected chi connectivity index (χ2v) is 7.36. The van der Waals surface area contributed by atoms with Gasteiger partial charge in [0.2, 0.25) is 5.89 Å². The molecule has 0 fully saturated rings. The number of hydrogen-bond acceptors (Lipinski definition) is 5. The van der Waals surface area contributed by atoms with Crippen LogP contribution >= 0.6 is 11.3 Å². The topological polar surface area (TPSA) is 75.3 Å². The molecule has 6 nitrogen and oxygen atoms in total. The highest BCUT2D eigenvalue weighted by Gasteiger charge is 2.07. The van der Waals surface area contributed by atoms with Gasteiger partial charge in [-0.1, -0.05) is 17.7 Å². The third-order valence-corrected chi connectivity index (χ3v) is 4.91. The molecule has 0 aliphatic heterocycles. The van der Waals surface area contributed by atoms with Crippen LogP contribution in [0.15, 0.2) is 45.3 Å². The van der Waals surface area contributed by atoms with E-state index >= 15 is 0 Å². The molecule has 0 aliphatic carbocycles. The van der Waals surface area contributed by atoms with Gasteiger partial charge in [-0.15, -0.1) is 11.3 Å². The molecular weight excluding hydrogens is 358 g/mol. The Balaban J connectivity index is 1.42. The van der Waals surface area contributed by atoms with Crippen molar-refractivity contribution in [2.45, 2.75) is 26.7 Å². The van der Waals surface area contributed by atoms with Gasteiger partial charge in [0.05, 0.1) is 16.4 Å². The van der Waals surface area contributed by atoms with Gasteiger partial charge in [0.1, 0.15) is 6.26 Å². The molecule has 2 heterocycles. The van der Waals surface area contributed by atoms with E-state index in [4.69, 9.17) is 4.42 Å². The van der Waals surface area contributed by atoms with Gasteiger partial charge in [0, 0.05) is 43.9 Å².